The molecule has 0 radical (unpaired) electrons. The largest absolute Gasteiger partial charge is 0.460 e. The van der Waals surface area contributed by atoms with Crippen molar-refractivity contribution in [3.05, 3.63) is 116 Å². The number of rotatable bonds is 24. The number of anilines is 4. The molecule has 4 aromatic rings. The van der Waals surface area contributed by atoms with Crippen molar-refractivity contribution < 1.29 is 110 Å². The Bertz CT molecular complexity index is 4840. The van der Waals surface area contributed by atoms with Crippen molar-refractivity contribution in [2.24, 2.45) is 21.7 Å². The summed E-state index contributed by atoms with van der Waals surface area (Å²) < 4.78 is 30.8. The van der Waals surface area contributed by atoms with Crippen molar-refractivity contribution in [2.45, 2.75) is 292 Å². The highest BCUT2D eigenvalue weighted by atomic mass is 35.5. The molecule has 744 valence electrons. The molecular weight excluding hydrogens is 1800 g/mol. The van der Waals surface area contributed by atoms with Crippen LogP contribution in [0.25, 0.3) is 0 Å². The van der Waals surface area contributed by atoms with Crippen molar-refractivity contribution >= 4 is 141 Å². The van der Waals surface area contributed by atoms with Crippen LogP contribution in [0.2, 0.25) is 10.0 Å². The predicted molar refractivity (Wildman–Crippen MR) is 502 cm³/mol. The first-order valence-electron chi connectivity index (χ1n) is 45.8. The number of cyclic esters (lactones) is 4. The lowest BCUT2D eigenvalue weighted by atomic mass is 9.85. The topological polar surface area (TPSA) is 562 Å². The number of aliphatic hydroxyl groups is 1. The number of nitrogen functional groups attached to an aromatic ring is 4. The maximum atomic E-state index is 13.7. The number of likely N-dealkylation sites (tertiary alicyclic amines) is 4. The van der Waals surface area contributed by atoms with E-state index in [2.05, 4.69) is 47.3 Å². The highest BCUT2D eigenvalue weighted by molar-refractivity contribution is 6.34. The van der Waals surface area contributed by atoms with E-state index in [4.69, 9.17) is 69.8 Å². The summed E-state index contributed by atoms with van der Waals surface area (Å²) in [4.78, 5) is 210. The number of carbonyl (C=O) groups is 16. The highest BCUT2D eigenvalue weighted by Crippen LogP contribution is 2.35. The Morgan fingerprint density at radius 3 is 0.890 bits per heavy atom. The number of nitrogens with one attached hydrogen (secondary N) is 8. The number of esters is 4. The third kappa shape index (κ3) is 27.7. The second-order valence-corrected chi connectivity index (χ2v) is 40.3. The normalized spacial score (nSPS) is 23.4. The van der Waals surface area contributed by atoms with Gasteiger partial charge < -0.3 is 119 Å². The Morgan fingerprint density at radius 2 is 0.640 bits per heavy atom. The van der Waals surface area contributed by atoms with Gasteiger partial charge in [-0.25, -0.2) is 0 Å². The van der Waals surface area contributed by atoms with Crippen LogP contribution < -0.4 is 65.5 Å². The zero-order valence-corrected chi connectivity index (χ0v) is 81.7. The number of carbonyl (C=O) groups excluding carboxylic acids is 16. The van der Waals surface area contributed by atoms with Crippen molar-refractivity contribution in [1.82, 2.24) is 62.1 Å². The number of benzene rings is 4. The van der Waals surface area contributed by atoms with Crippen molar-refractivity contribution in [2.75, 3.05) is 62.3 Å². The van der Waals surface area contributed by atoms with Crippen LogP contribution in [-0.2, 0) is 86.0 Å². The van der Waals surface area contributed by atoms with Crippen molar-refractivity contribution in [3.8, 4) is 0 Å². The van der Waals surface area contributed by atoms with Gasteiger partial charge in [0, 0.05) is 73.0 Å². The molecule has 8 fully saturated rings. The fourth-order valence-corrected chi connectivity index (χ4v) is 17.2. The number of hydrogen-bond donors (Lipinski definition) is 13. The molecule has 136 heavy (non-hydrogen) atoms. The zero-order valence-electron chi connectivity index (χ0n) is 80.2. The fraction of sp³-hybridized carbons (Fsp3) is 0.579. The quantitative estimate of drug-likeness (QED) is 0.0227. The van der Waals surface area contributed by atoms with Crippen LogP contribution in [0.5, 0.6) is 0 Å². The molecule has 8 aliphatic heterocycles. The number of aryl methyl sites for hydroxylation is 2. The number of nitrogens with two attached hydrogens (primary N) is 4. The number of ether oxygens (including phenoxy) is 6. The summed E-state index contributed by atoms with van der Waals surface area (Å²) in [5.74, 6) is -6.47. The first-order valence-corrected chi connectivity index (χ1v) is 46.5. The minimum Gasteiger partial charge on any atom is -0.460 e. The lowest BCUT2D eigenvalue weighted by molar-refractivity contribution is -0.165. The van der Waals surface area contributed by atoms with Gasteiger partial charge in [-0.3, -0.25) is 76.7 Å². The molecule has 39 nitrogen and oxygen atoms in total. The van der Waals surface area contributed by atoms with Crippen LogP contribution in [0.4, 0.5) is 22.7 Å². The van der Waals surface area contributed by atoms with Gasteiger partial charge in [0.1, 0.15) is 72.6 Å². The average Bonchev–Trinajstić information content (AvgIpc) is 1.62. The van der Waals surface area contributed by atoms with E-state index < -0.39 is 161 Å². The van der Waals surface area contributed by atoms with E-state index in [1.54, 1.807) is 70.2 Å². The Morgan fingerprint density at radius 1 is 0.390 bits per heavy atom. The highest BCUT2D eigenvalue weighted by Gasteiger charge is 2.50. The molecule has 0 aromatic heterocycles. The number of nitrogens with zero attached hydrogens (tertiary/aromatic N) is 4. The van der Waals surface area contributed by atoms with E-state index in [1.165, 1.54) is 49.9 Å². The zero-order chi connectivity index (χ0) is 101. The molecule has 4 aromatic carbocycles. The van der Waals surface area contributed by atoms with E-state index in [-0.39, 0.29) is 100 Å². The maximum absolute atomic E-state index is 13.7. The molecule has 41 heteroatoms. The first-order chi connectivity index (χ1) is 63.6. The molecule has 0 saturated carbocycles. The van der Waals surface area contributed by atoms with Crippen LogP contribution in [0, 0.1) is 35.5 Å². The summed E-state index contributed by atoms with van der Waals surface area (Å²) in [7, 11) is 0. The molecule has 12 rings (SSSR count). The van der Waals surface area contributed by atoms with E-state index in [9.17, 15) is 81.8 Å². The van der Waals surface area contributed by atoms with Crippen LogP contribution in [0.3, 0.4) is 0 Å². The molecule has 8 saturated heterocycles. The maximum Gasteiger partial charge on any atom is 0.310 e. The smallest absolute Gasteiger partial charge is 0.310 e. The summed E-state index contributed by atoms with van der Waals surface area (Å²) in [5, 5.41) is 32.7. The monoisotopic (exact) mass is 1930 g/mol. The molecule has 0 spiro atoms. The molecule has 16 unspecified atom stereocenters. The molecule has 0 bridgehead atoms. The van der Waals surface area contributed by atoms with Crippen LogP contribution in [0.1, 0.15) is 233 Å². The Labute approximate surface area is 801 Å². The number of halogens is 2. The van der Waals surface area contributed by atoms with E-state index in [0.717, 1.165) is 11.1 Å². The van der Waals surface area contributed by atoms with E-state index in [1.807, 2.05) is 90.0 Å². The van der Waals surface area contributed by atoms with Gasteiger partial charge in [-0.05, 0) is 192 Å². The van der Waals surface area contributed by atoms with Crippen molar-refractivity contribution in [3.63, 3.8) is 0 Å². The third-order valence-corrected chi connectivity index (χ3v) is 25.3. The molecule has 8 aliphatic rings. The van der Waals surface area contributed by atoms with Gasteiger partial charge in [-0.15, -0.1) is 0 Å². The minimum absolute atomic E-state index is 0.00188. The summed E-state index contributed by atoms with van der Waals surface area (Å²) in [6.45, 7) is 33.2. The molecule has 17 N–H and O–H groups in total. The minimum atomic E-state index is -1.41. The lowest BCUT2D eigenvalue weighted by Crippen LogP contribution is -2.58. The van der Waals surface area contributed by atoms with E-state index >= 15 is 0 Å². The molecule has 8 heterocycles. The second kappa shape index (κ2) is 45.8. The van der Waals surface area contributed by atoms with Gasteiger partial charge in [-0.1, -0.05) is 106 Å². The standard InChI is InChI=1S/C25H36N4O6.C24H33ClN4O6.C23H31ClN4O5.C23H32N4O6/c1-6-34-24-17(13-19(30)35-24)27-22(32)18-8-7-11-29(18)23(33)20(25(3,4)5)28-21(31)15-9-10-16(26)14(2)12-15;1-5-34-23-16(12-18(30)35-23)27-21(32)17-7-6-10-29(17)22(33)19(24(2,3)4)28-20(31)13-8-9-15(26)14(25)11-13;1-12-16(11-18(29)33-12)26-21(31)17-6-5-9-28(17)22(32)19(23(2,3)4)27-20(30)13-7-8-15(25)14(24)10-13;1-12-10-13(7-8-14(12)24)19(29)26-18(23(2,3)4)21(31)27-9-5-6-16(27)20(30)25-15-11-17(28)33-22(15)32/h9-10,12,17-18,20,24H,6-8,11,13,26H2,1-5H3,(H,27,32)(H,28,31);8-9,11,16-17,19,23H,5-7,10,12,26H2,1-4H3,(H,27,32)(H,28,31);7-8,10,12,16-17,19H,5-6,9,11,25H2,1-4H3,(H,26,31)(H,27,30);7-8,10,15-16,18,22,32H,5-6,9,11,24H2,1-4H3,(H,25,30)(H,26,29). The number of amides is 12. The van der Waals surface area contributed by atoms with Crippen LogP contribution >= 0.6 is 23.2 Å². The van der Waals surface area contributed by atoms with Gasteiger partial charge in [-0.2, -0.15) is 0 Å². The van der Waals surface area contributed by atoms with Gasteiger partial charge in [0.2, 0.25) is 66.1 Å². The summed E-state index contributed by atoms with van der Waals surface area (Å²) in [5.41, 5.74) is 25.4. The molecule has 0 aliphatic carbocycles. The number of hydrogen-bond acceptors (Lipinski definition) is 27. The summed E-state index contributed by atoms with van der Waals surface area (Å²) in [6, 6.07) is 10.0. The van der Waals surface area contributed by atoms with Crippen LogP contribution in [-0.4, -0.2) is 256 Å². The SMILES string of the molecule is CC1OC(=O)CC1NC(=O)C1CCCN1C(=O)C(NC(=O)c1ccc(N)c(Cl)c1)C(C)(C)C.CCOC1OC(=O)CC1NC(=O)C1CCCN1C(=O)C(NC(=O)c1ccc(N)c(C)c1)C(C)(C)C.CCOC1OC(=O)CC1NC(=O)C1CCCN1C(=O)C(NC(=O)c1ccc(N)c(Cl)c1)C(C)(C)C.Cc1cc(C(=O)NC(C(=O)N2CCCC2C(=O)NC2CC(=O)OC2O)C(C)(C)C)ccc1N. The van der Waals surface area contributed by atoms with Gasteiger partial charge in [0.05, 0.1) is 53.1 Å². The number of aliphatic hydroxyl groups excluding tert-OH is 1. The van der Waals surface area contributed by atoms with Gasteiger partial charge >= 0.3 is 23.9 Å². The fourth-order valence-electron chi connectivity index (χ4n) is 16.9. The van der Waals surface area contributed by atoms with Gasteiger partial charge in [0.25, 0.3) is 23.6 Å². The lowest BCUT2D eigenvalue weighted by Gasteiger charge is -2.35. The molecule has 12 amide bonds. The molecule has 16 atom stereocenters. The van der Waals surface area contributed by atoms with Crippen LogP contribution in [0.15, 0.2) is 72.8 Å². The van der Waals surface area contributed by atoms with E-state index in [0.29, 0.717) is 125 Å². The first kappa shape index (κ1) is 108. The predicted octanol–water partition coefficient (Wildman–Crippen LogP) is 5.70. The van der Waals surface area contributed by atoms with Crippen molar-refractivity contribution in [1.29, 1.82) is 0 Å². The third-order valence-electron chi connectivity index (χ3n) is 24.6. The average molecular weight is 1940 g/mol. The Kier molecular flexibility index (Phi) is 36.3. The van der Waals surface area contributed by atoms with Gasteiger partial charge in [0.15, 0.2) is 0 Å². The Hall–Kier alpha value is -11.9. The second-order valence-electron chi connectivity index (χ2n) is 39.4. The summed E-state index contributed by atoms with van der Waals surface area (Å²) in [6.07, 6.45) is 0.957. The molecular formula is C95H132Cl2N16O23. The summed E-state index contributed by atoms with van der Waals surface area (Å²) >= 11 is 12.1. The Balaban J connectivity index is 0.000000203.